The van der Waals surface area contributed by atoms with Crippen molar-refractivity contribution in [2.24, 2.45) is 5.92 Å². The van der Waals surface area contributed by atoms with Crippen molar-refractivity contribution in [3.05, 3.63) is 69.7 Å². The Morgan fingerprint density at radius 1 is 0.967 bits per heavy atom. The third-order valence-corrected chi connectivity index (χ3v) is 6.72. The summed E-state index contributed by atoms with van der Waals surface area (Å²) in [5.41, 5.74) is 1.78. The highest BCUT2D eigenvalue weighted by Gasteiger charge is 2.47. The number of amides is 1. The van der Waals surface area contributed by atoms with Gasteiger partial charge in [0.25, 0.3) is 0 Å². The van der Waals surface area contributed by atoms with E-state index in [1.54, 1.807) is 6.07 Å². The molecule has 2 aliphatic rings. The SMILES string of the molecule is COC(=O)C(c1ccccc1Cl)N1CCN(C(=O)C2CC2c2ccccc2Cl)CC1. The van der Waals surface area contributed by atoms with Crippen molar-refractivity contribution >= 4 is 35.1 Å². The minimum atomic E-state index is -0.572. The number of hydrogen-bond donors (Lipinski definition) is 0. The van der Waals surface area contributed by atoms with Crippen LogP contribution in [0.5, 0.6) is 0 Å². The van der Waals surface area contributed by atoms with Crippen molar-refractivity contribution in [1.82, 2.24) is 9.80 Å². The van der Waals surface area contributed by atoms with E-state index in [2.05, 4.69) is 0 Å². The van der Waals surface area contributed by atoms with Gasteiger partial charge in [-0.3, -0.25) is 9.69 Å². The summed E-state index contributed by atoms with van der Waals surface area (Å²) in [4.78, 5) is 29.5. The molecule has 0 bridgehead atoms. The van der Waals surface area contributed by atoms with Gasteiger partial charge in [0, 0.05) is 42.1 Å². The van der Waals surface area contributed by atoms with E-state index in [9.17, 15) is 9.59 Å². The Hall–Kier alpha value is -2.08. The zero-order chi connectivity index (χ0) is 21.3. The number of halogens is 2. The quantitative estimate of drug-likeness (QED) is 0.647. The summed E-state index contributed by atoms with van der Waals surface area (Å²) in [5.74, 6) is 0.0300. The van der Waals surface area contributed by atoms with Crippen LogP contribution in [0.3, 0.4) is 0 Å². The van der Waals surface area contributed by atoms with Crippen LogP contribution in [-0.2, 0) is 14.3 Å². The monoisotopic (exact) mass is 446 g/mol. The van der Waals surface area contributed by atoms with Crippen LogP contribution in [0.25, 0.3) is 0 Å². The zero-order valence-corrected chi connectivity index (χ0v) is 18.3. The van der Waals surface area contributed by atoms with Crippen molar-refractivity contribution in [1.29, 1.82) is 0 Å². The predicted octanol–water partition coefficient (Wildman–Crippen LogP) is 4.16. The topological polar surface area (TPSA) is 49.9 Å². The largest absolute Gasteiger partial charge is 0.468 e. The van der Waals surface area contributed by atoms with Gasteiger partial charge >= 0.3 is 5.97 Å². The lowest BCUT2D eigenvalue weighted by Crippen LogP contribution is -2.51. The van der Waals surface area contributed by atoms with Gasteiger partial charge < -0.3 is 9.64 Å². The first kappa shape index (κ1) is 21.2. The number of nitrogens with zero attached hydrogens (tertiary/aromatic N) is 2. The van der Waals surface area contributed by atoms with Gasteiger partial charge in [0.05, 0.1) is 7.11 Å². The molecule has 1 heterocycles. The number of rotatable bonds is 5. The number of methoxy groups -OCH3 is 1. The van der Waals surface area contributed by atoms with Crippen LogP contribution < -0.4 is 0 Å². The molecule has 1 saturated carbocycles. The van der Waals surface area contributed by atoms with Gasteiger partial charge in [-0.15, -0.1) is 0 Å². The average Bonchev–Trinajstić information content (AvgIpc) is 3.56. The highest BCUT2D eigenvalue weighted by molar-refractivity contribution is 6.31. The first-order chi connectivity index (χ1) is 14.5. The van der Waals surface area contributed by atoms with Gasteiger partial charge in [-0.2, -0.15) is 0 Å². The van der Waals surface area contributed by atoms with E-state index < -0.39 is 6.04 Å². The minimum absolute atomic E-state index is 0.00331. The molecule has 0 aromatic heterocycles. The van der Waals surface area contributed by atoms with Gasteiger partial charge in [-0.25, -0.2) is 4.79 Å². The molecule has 2 aromatic carbocycles. The van der Waals surface area contributed by atoms with Gasteiger partial charge in [-0.1, -0.05) is 59.6 Å². The number of esters is 1. The number of ether oxygens (including phenoxy) is 1. The molecule has 1 saturated heterocycles. The van der Waals surface area contributed by atoms with Crippen LogP contribution in [0, 0.1) is 5.92 Å². The lowest BCUT2D eigenvalue weighted by molar-refractivity contribution is -0.148. The van der Waals surface area contributed by atoms with Crippen molar-refractivity contribution < 1.29 is 14.3 Å². The highest BCUT2D eigenvalue weighted by Crippen LogP contribution is 2.50. The van der Waals surface area contributed by atoms with Crippen molar-refractivity contribution in [2.45, 2.75) is 18.4 Å². The van der Waals surface area contributed by atoms with Crippen LogP contribution in [0.2, 0.25) is 10.0 Å². The molecular formula is C23H24Cl2N2O3. The molecule has 1 aliphatic carbocycles. The number of carbonyl (C=O) groups excluding carboxylic acids is 2. The van der Waals surface area contributed by atoms with Gasteiger partial charge in [0.1, 0.15) is 6.04 Å². The molecule has 0 spiro atoms. The summed E-state index contributed by atoms with van der Waals surface area (Å²) in [5, 5.41) is 1.26. The molecule has 3 unspecified atom stereocenters. The number of piperazine rings is 1. The average molecular weight is 447 g/mol. The molecule has 1 aliphatic heterocycles. The smallest absolute Gasteiger partial charge is 0.327 e. The zero-order valence-electron chi connectivity index (χ0n) is 16.8. The van der Waals surface area contributed by atoms with E-state index in [0.717, 1.165) is 22.6 Å². The summed E-state index contributed by atoms with van der Waals surface area (Å²) >= 11 is 12.6. The third kappa shape index (κ3) is 4.20. The number of carbonyl (C=O) groups is 2. The maximum atomic E-state index is 13.0. The Morgan fingerprint density at radius 3 is 2.23 bits per heavy atom. The summed E-state index contributed by atoms with van der Waals surface area (Å²) in [6.07, 6.45) is 0.840. The summed E-state index contributed by atoms with van der Waals surface area (Å²) in [6.45, 7) is 2.31. The van der Waals surface area contributed by atoms with Crippen molar-refractivity contribution in [2.75, 3.05) is 33.3 Å². The fourth-order valence-corrected chi connectivity index (χ4v) is 4.82. The normalized spacial score (nSPS) is 22.4. The van der Waals surface area contributed by atoms with Crippen LogP contribution in [0.15, 0.2) is 48.5 Å². The molecule has 4 rings (SSSR count). The second kappa shape index (κ2) is 8.96. The predicted molar refractivity (Wildman–Crippen MR) is 117 cm³/mol. The molecule has 2 aromatic rings. The summed E-state index contributed by atoms with van der Waals surface area (Å²) in [6, 6.07) is 14.5. The van der Waals surface area contributed by atoms with Crippen LogP contribution in [0.4, 0.5) is 0 Å². The minimum Gasteiger partial charge on any atom is -0.468 e. The van der Waals surface area contributed by atoms with Gasteiger partial charge in [0.15, 0.2) is 0 Å². The number of benzene rings is 2. The molecule has 7 heteroatoms. The lowest BCUT2D eigenvalue weighted by atomic mass is 10.0. The first-order valence-electron chi connectivity index (χ1n) is 10.1. The Morgan fingerprint density at radius 2 is 1.60 bits per heavy atom. The van der Waals surface area contributed by atoms with Gasteiger partial charge in [0.2, 0.25) is 5.91 Å². The first-order valence-corrected chi connectivity index (χ1v) is 10.9. The Bertz CT molecular complexity index is 944. The molecule has 158 valence electrons. The van der Waals surface area contributed by atoms with Crippen LogP contribution >= 0.6 is 23.2 Å². The van der Waals surface area contributed by atoms with E-state index in [1.165, 1.54) is 7.11 Å². The second-order valence-corrected chi connectivity index (χ2v) is 8.59. The fraction of sp³-hybridized carbons (Fsp3) is 0.391. The standard InChI is InChI=1S/C23H24Cl2N2O3/c1-30-23(29)21(16-7-3-5-9-20(16)25)26-10-12-27(13-11-26)22(28)18-14-17(18)15-6-2-4-8-19(15)24/h2-9,17-18,21H,10-14H2,1H3. The van der Waals surface area contributed by atoms with Crippen LogP contribution in [-0.4, -0.2) is 55.0 Å². The van der Waals surface area contributed by atoms with E-state index in [-0.39, 0.29) is 23.7 Å². The fourth-order valence-electron chi connectivity index (χ4n) is 4.30. The van der Waals surface area contributed by atoms with E-state index in [1.807, 2.05) is 52.3 Å². The van der Waals surface area contributed by atoms with Crippen LogP contribution in [0.1, 0.15) is 29.5 Å². The second-order valence-electron chi connectivity index (χ2n) is 7.78. The molecule has 0 radical (unpaired) electrons. The lowest BCUT2D eigenvalue weighted by Gasteiger charge is -2.38. The molecule has 30 heavy (non-hydrogen) atoms. The Labute approximate surface area is 186 Å². The molecule has 0 N–H and O–H groups in total. The maximum Gasteiger partial charge on any atom is 0.327 e. The molecule has 2 fully saturated rings. The molecular weight excluding hydrogens is 423 g/mol. The summed E-state index contributed by atoms with van der Waals surface area (Å²) in [7, 11) is 1.38. The Kier molecular flexibility index (Phi) is 6.32. The Balaban J connectivity index is 1.41. The van der Waals surface area contributed by atoms with Crippen molar-refractivity contribution in [3.8, 4) is 0 Å². The molecule has 1 amide bonds. The van der Waals surface area contributed by atoms with E-state index >= 15 is 0 Å². The molecule has 3 atom stereocenters. The van der Waals surface area contributed by atoms with E-state index in [4.69, 9.17) is 27.9 Å². The third-order valence-electron chi connectivity index (χ3n) is 6.03. The van der Waals surface area contributed by atoms with Crippen molar-refractivity contribution in [3.63, 3.8) is 0 Å². The number of hydrogen-bond acceptors (Lipinski definition) is 4. The molecule has 5 nitrogen and oxygen atoms in total. The van der Waals surface area contributed by atoms with Gasteiger partial charge in [-0.05, 0) is 35.6 Å². The highest BCUT2D eigenvalue weighted by atomic mass is 35.5. The maximum absolute atomic E-state index is 13.0. The summed E-state index contributed by atoms with van der Waals surface area (Å²) < 4.78 is 5.04. The van der Waals surface area contributed by atoms with E-state index in [0.29, 0.717) is 31.2 Å².